The van der Waals surface area contributed by atoms with Crippen molar-refractivity contribution < 1.29 is 5.11 Å². The summed E-state index contributed by atoms with van der Waals surface area (Å²) >= 11 is 0. The molecule has 0 fully saturated rings. The Morgan fingerprint density at radius 2 is 1.12 bits per heavy atom. The highest BCUT2D eigenvalue weighted by Crippen LogP contribution is 2.57. The summed E-state index contributed by atoms with van der Waals surface area (Å²) in [6, 6.07) is 0. The summed E-state index contributed by atoms with van der Waals surface area (Å²) in [5.41, 5.74) is 0. The van der Waals surface area contributed by atoms with Crippen molar-refractivity contribution >= 4 is 7.26 Å². The van der Waals surface area contributed by atoms with Crippen molar-refractivity contribution in [1.82, 2.24) is 0 Å². The third-order valence-corrected chi connectivity index (χ3v) is 7.34. The lowest BCUT2D eigenvalue weighted by Crippen LogP contribution is -2.07. The molecule has 0 spiro atoms. The normalized spacial score (nSPS) is 10.3. The largest absolute Gasteiger partial charge is 0.812 e. The molecule has 0 aliphatic heterocycles. The molecule has 17 heavy (non-hydrogen) atoms. The minimum atomic E-state index is -0.519. The Morgan fingerprint density at radius 1 is 0.882 bits per heavy atom. The molecule has 0 saturated heterocycles. The summed E-state index contributed by atoms with van der Waals surface area (Å²) in [7, 11) is -0.519. The van der Waals surface area contributed by atoms with Crippen LogP contribution >= 0.6 is 7.26 Å². The Balaban J connectivity index is 0. The molecule has 3 heteroatoms. The van der Waals surface area contributed by atoms with Gasteiger partial charge in [-0.1, -0.05) is 40.0 Å². The van der Waals surface area contributed by atoms with E-state index in [4.69, 9.17) is 10.4 Å². The lowest BCUT2D eigenvalue weighted by Gasteiger charge is -2.22. The third kappa shape index (κ3) is 13.7. The Kier molecular flexibility index (Phi) is 15.5. The Hall–Kier alpha value is -0.280. The van der Waals surface area contributed by atoms with Gasteiger partial charge in [0.25, 0.3) is 0 Å². The second-order valence-electron chi connectivity index (χ2n) is 4.94. The van der Waals surface area contributed by atoms with Crippen LogP contribution < -0.4 is 5.11 Å². The zero-order chi connectivity index (χ0) is 13.6. The van der Waals surface area contributed by atoms with E-state index >= 15 is 0 Å². The van der Waals surface area contributed by atoms with Crippen molar-refractivity contribution in [2.45, 2.75) is 59.3 Å². The van der Waals surface area contributed by atoms with Crippen molar-refractivity contribution in [2.24, 2.45) is 0 Å². The maximum atomic E-state index is 8.24. The molecule has 0 unspecified atom stereocenters. The predicted molar refractivity (Wildman–Crippen MR) is 77.8 cm³/mol. The number of unbranched alkanes of at least 4 members (excludes halogenated alkanes) is 3. The van der Waals surface area contributed by atoms with Crippen LogP contribution in [-0.4, -0.2) is 25.2 Å². The average molecular weight is 259 g/mol. The van der Waals surface area contributed by atoms with Gasteiger partial charge < -0.3 is 5.11 Å². The first-order chi connectivity index (χ1) is 8.10. The van der Waals surface area contributed by atoms with Gasteiger partial charge in [0.05, 0.1) is 18.5 Å². The van der Waals surface area contributed by atoms with Gasteiger partial charge in [0.2, 0.25) is 0 Å². The van der Waals surface area contributed by atoms with Crippen LogP contribution in [-0.2, 0) is 0 Å². The van der Waals surface area contributed by atoms with E-state index in [9.17, 15) is 0 Å². The van der Waals surface area contributed by atoms with E-state index in [1.165, 1.54) is 38.5 Å². The number of nitrogens with zero attached hydrogens (tertiary/aromatic N) is 1. The topological polar surface area (TPSA) is 46.8 Å². The summed E-state index contributed by atoms with van der Waals surface area (Å²) in [4.78, 5) is 0. The van der Waals surface area contributed by atoms with E-state index in [1.807, 2.05) is 0 Å². The highest BCUT2D eigenvalue weighted by atomic mass is 31.2. The molecule has 0 amide bonds. The molecule has 0 radical (unpaired) electrons. The van der Waals surface area contributed by atoms with Gasteiger partial charge in [-0.2, -0.15) is 0 Å². The van der Waals surface area contributed by atoms with Crippen molar-refractivity contribution in [1.29, 1.82) is 5.26 Å². The number of nitriles is 1. The Bertz CT molecular complexity index is 167. The van der Waals surface area contributed by atoms with Gasteiger partial charge in [-0.15, -0.1) is 0 Å². The first-order valence-electron chi connectivity index (χ1n) is 6.94. The fourth-order valence-corrected chi connectivity index (χ4v) is 5.86. The highest BCUT2D eigenvalue weighted by Gasteiger charge is 2.28. The number of rotatable bonds is 9. The molecule has 0 aromatic carbocycles. The summed E-state index contributed by atoms with van der Waals surface area (Å²) in [5, 5.41) is 15.0. The second kappa shape index (κ2) is 13.8. The van der Waals surface area contributed by atoms with Crippen LogP contribution in [0.25, 0.3) is 0 Å². The van der Waals surface area contributed by atoms with Gasteiger partial charge in [-0.05, 0) is 19.3 Å². The van der Waals surface area contributed by atoms with Gasteiger partial charge >= 0.3 is 0 Å². The lowest BCUT2D eigenvalue weighted by atomic mass is 10.4. The molecule has 0 aliphatic rings. The second-order valence-corrected chi connectivity index (χ2v) is 9.52. The summed E-state index contributed by atoms with van der Waals surface area (Å²) in [6.07, 6.45) is 13.7. The van der Waals surface area contributed by atoms with Crippen LogP contribution in [0.15, 0.2) is 0 Å². The zero-order valence-corrected chi connectivity index (χ0v) is 13.1. The van der Waals surface area contributed by atoms with Crippen LogP contribution in [0.4, 0.5) is 0 Å². The van der Waals surface area contributed by atoms with E-state index < -0.39 is 7.26 Å². The van der Waals surface area contributed by atoms with Crippen LogP contribution in [0, 0.1) is 11.5 Å². The van der Waals surface area contributed by atoms with E-state index in [0.717, 1.165) is 0 Å². The molecule has 0 heterocycles. The monoisotopic (exact) mass is 259 g/mol. The fourth-order valence-electron chi connectivity index (χ4n) is 1.95. The molecular weight excluding hydrogens is 229 g/mol. The first-order valence-corrected chi connectivity index (χ1v) is 9.74. The van der Waals surface area contributed by atoms with E-state index in [0.29, 0.717) is 6.26 Å². The third-order valence-electron chi connectivity index (χ3n) is 3.15. The molecule has 0 aromatic rings. The Labute approximate surface area is 109 Å². The van der Waals surface area contributed by atoms with E-state index in [2.05, 4.69) is 27.4 Å². The SMILES string of the molecule is CCCC[P+](C)(CCCC)CCCC.N#C[O-]. The van der Waals surface area contributed by atoms with E-state index in [1.54, 1.807) is 18.5 Å². The molecular formula is C14H30NOP. The number of hydrogen-bond donors (Lipinski definition) is 0. The standard InChI is InChI=1S/C13H30P.CHNO/c1-5-8-11-14(4,12-9-6-2)13-10-7-3;2-1-3/h5-13H2,1-4H3;3H/q+1;/p-1. The molecule has 0 bridgehead atoms. The zero-order valence-electron chi connectivity index (χ0n) is 12.2. The first kappa shape index (κ1) is 19.1. The molecule has 2 nitrogen and oxygen atoms in total. The van der Waals surface area contributed by atoms with Crippen LogP contribution in [0.1, 0.15) is 59.3 Å². The molecule has 0 N–H and O–H groups in total. The van der Waals surface area contributed by atoms with Gasteiger partial charge in [0.1, 0.15) is 0 Å². The van der Waals surface area contributed by atoms with E-state index in [-0.39, 0.29) is 0 Å². The number of hydrogen-bond acceptors (Lipinski definition) is 2. The summed E-state index contributed by atoms with van der Waals surface area (Å²) < 4.78 is 0. The molecule has 0 atom stereocenters. The summed E-state index contributed by atoms with van der Waals surface area (Å²) in [6.45, 7) is 9.59. The van der Waals surface area contributed by atoms with Crippen molar-refractivity contribution in [2.75, 3.05) is 25.2 Å². The van der Waals surface area contributed by atoms with Crippen molar-refractivity contribution in [3.8, 4) is 6.26 Å². The molecule has 102 valence electrons. The molecule has 0 aliphatic carbocycles. The molecule has 0 aromatic heterocycles. The van der Waals surface area contributed by atoms with Gasteiger partial charge in [0.15, 0.2) is 0 Å². The summed E-state index contributed by atoms with van der Waals surface area (Å²) in [5.74, 6) is 0. The fraction of sp³-hybridized carbons (Fsp3) is 0.929. The van der Waals surface area contributed by atoms with Crippen molar-refractivity contribution in [3.63, 3.8) is 0 Å². The van der Waals surface area contributed by atoms with Gasteiger partial charge in [0, 0.05) is 20.2 Å². The minimum absolute atomic E-state index is 0.500. The van der Waals surface area contributed by atoms with Crippen LogP contribution in [0.5, 0.6) is 0 Å². The van der Waals surface area contributed by atoms with Crippen LogP contribution in [0.3, 0.4) is 0 Å². The maximum Gasteiger partial charge on any atom is 0.0591 e. The Morgan fingerprint density at radius 3 is 1.29 bits per heavy atom. The smallest absolute Gasteiger partial charge is 0.0591 e. The van der Waals surface area contributed by atoms with Crippen molar-refractivity contribution in [3.05, 3.63) is 0 Å². The minimum Gasteiger partial charge on any atom is -0.812 e. The molecule has 0 saturated carbocycles. The van der Waals surface area contributed by atoms with Gasteiger partial charge in [-0.25, -0.2) is 5.26 Å². The van der Waals surface area contributed by atoms with Gasteiger partial charge in [-0.3, -0.25) is 0 Å². The van der Waals surface area contributed by atoms with Crippen LogP contribution in [0.2, 0.25) is 0 Å². The lowest BCUT2D eigenvalue weighted by molar-refractivity contribution is -0.252. The predicted octanol–water partition coefficient (Wildman–Crippen LogP) is 3.86. The average Bonchev–Trinajstić information content (AvgIpc) is 2.33. The maximum absolute atomic E-state index is 8.24. The highest BCUT2D eigenvalue weighted by molar-refractivity contribution is 7.75. The molecule has 0 rings (SSSR count). The quantitative estimate of drug-likeness (QED) is 0.466.